The van der Waals surface area contributed by atoms with E-state index < -0.39 is 11.4 Å². The van der Waals surface area contributed by atoms with Crippen molar-refractivity contribution in [3.63, 3.8) is 0 Å². The molecule has 3 saturated carbocycles. The third-order valence-corrected chi connectivity index (χ3v) is 8.09. The molecular weight excluding hydrogens is 381 g/mol. The number of ether oxygens (including phenoxy) is 3. The summed E-state index contributed by atoms with van der Waals surface area (Å²) in [6, 6.07) is 0.0852. The summed E-state index contributed by atoms with van der Waals surface area (Å²) in [4.78, 5) is 2.56. The molecule has 6 nitrogen and oxygen atoms in total. The van der Waals surface area contributed by atoms with E-state index in [0.29, 0.717) is 12.8 Å². The van der Waals surface area contributed by atoms with Crippen LogP contribution in [0.2, 0.25) is 0 Å². The second-order valence-corrected chi connectivity index (χ2v) is 9.65. The van der Waals surface area contributed by atoms with Crippen LogP contribution in [0.15, 0.2) is 24.7 Å². The molecular formula is C23H38BNO5. The SMILES string of the molecule is BO/C=C1\OC2C3C1C(C=C)C[C@@H](N(CCC)CC1CC1)[C@]3(O)CCC2(OC)OC. The first-order valence-corrected chi connectivity index (χ1v) is 11.6. The van der Waals surface area contributed by atoms with Gasteiger partial charge in [0, 0.05) is 45.1 Å². The molecule has 168 valence electrons. The molecule has 1 aliphatic heterocycles. The fourth-order valence-electron chi connectivity index (χ4n) is 6.50. The third kappa shape index (κ3) is 3.42. The predicted molar refractivity (Wildman–Crippen MR) is 117 cm³/mol. The zero-order valence-electron chi connectivity index (χ0n) is 19.0. The van der Waals surface area contributed by atoms with Crippen LogP contribution in [-0.4, -0.2) is 68.9 Å². The van der Waals surface area contributed by atoms with Gasteiger partial charge in [-0.1, -0.05) is 13.0 Å². The summed E-state index contributed by atoms with van der Waals surface area (Å²) in [5.74, 6) is 0.780. The molecule has 30 heavy (non-hydrogen) atoms. The van der Waals surface area contributed by atoms with E-state index in [1.165, 1.54) is 12.8 Å². The van der Waals surface area contributed by atoms with Gasteiger partial charge in [-0.3, -0.25) is 4.90 Å². The van der Waals surface area contributed by atoms with E-state index in [1.54, 1.807) is 28.5 Å². The summed E-state index contributed by atoms with van der Waals surface area (Å²) < 4.78 is 23.6. The van der Waals surface area contributed by atoms with E-state index in [1.807, 2.05) is 6.08 Å². The minimum atomic E-state index is -0.863. The first-order valence-electron chi connectivity index (χ1n) is 11.6. The zero-order chi connectivity index (χ0) is 21.5. The van der Waals surface area contributed by atoms with Gasteiger partial charge in [-0.05, 0) is 50.5 Å². The molecule has 0 aromatic rings. The molecule has 1 saturated heterocycles. The van der Waals surface area contributed by atoms with Crippen LogP contribution in [0.25, 0.3) is 0 Å². The van der Waals surface area contributed by atoms with Gasteiger partial charge in [-0.15, -0.1) is 6.58 Å². The highest BCUT2D eigenvalue weighted by molar-refractivity contribution is 5.98. The monoisotopic (exact) mass is 419 g/mol. The molecule has 4 fully saturated rings. The molecule has 0 bridgehead atoms. The van der Waals surface area contributed by atoms with Crippen molar-refractivity contribution in [3.8, 4) is 0 Å². The average Bonchev–Trinajstić information content (AvgIpc) is 3.48. The number of aliphatic hydroxyl groups is 1. The smallest absolute Gasteiger partial charge is 0.321 e. The number of allylic oxidation sites excluding steroid dienone is 2. The van der Waals surface area contributed by atoms with Gasteiger partial charge in [0.2, 0.25) is 5.79 Å². The van der Waals surface area contributed by atoms with E-state index in [-0.39, 0.29) is 29.9 Å². The third-order valence-electron chi connectivity index (χ3n) is 8.09. The van der Waals surface area contributed by atoms with Crippen molar-refractivity contribution in [2.24, 2.45) is 23.7 Å². The average molecular weight is 419 g/mol. The summed E-state index contributed by atoms with van der Waals surface area (Å²) in [6.07, 6.45) is 9.18. The maximum atomic E-state index is 12.3. The molecule has 6 atom stereocenters. The molecule has 0 amide bonds. The number of nitrogens with zero attached hydrogens (tertiary/aromatic N) is 1. The second-order valence-electron chi connectivity index (χ2n) is 9.65. The van der Waals surface area contributed by atoms with Gasteiger partial charge in [0.25, 0.3) is 0 Å². The Balaban J connectivity index is 1.76. The quantitative estimate of drug-likeness (QED) is 0.268. The molecule has 1 heterocycles. The lowest BCUT2D eigenvalue weighted by Crippen LogP contribution is -2.70. The summed E-state index contributed by atoms with van der Waals surface area (Å²) >= 11 is 0. The molecule has 0 aromatic carbocycles. The first-order chi connectivity index (χ1) is 14.5. The highest BCUT2D eigenvalue weighted by Gasteiger charge is 2.70. The molecule has 4 rings (SSSR count). The molecule has 0 radical (unpaired) electrons. The first kappa shape index (κ1) is 22.2. The highest BCUT2D eigenvalue weighted by Crippen LogP contribution is 2.61. The largest absolute Gasteiger partial charge is 0.571 e. The second kappa shape index (κ2) is 8.49. The van der Waals surface area contributed by atoms with Crippen molar-refractivity contribution in [1.82, 2.24) is 4.90 Å². The van der Waals surface area contributed by atoms with E-state index in [9.17, 15) is 5.11 Å². The molecule has 7 heteroatoms. The maximum Gasteiger partial charge on any atom is 0.321 e. The predicted octanol–water partition coefficient (Wildman–Crippen LogP) is 2.23. The Bertz CT molecular complexity index is 664. The van der Waals surface area contributed by atoms with Crippen molar-refractivity contribution in [3.05, 3.63) is 24.7 Å². The highest BCUT2D eigenvalue weighted by atomic mass is 16.7. The Morgan fingerprint density at radius 1 is 1.30 bits per heavy atom. The van der Waals surface area contributed by atoms with Crippen molar-refractivity contribution in [1.29, 1.82) is 0 Å². The van der Waals surface area contributed by atoms with Crippen molar-refractivity contribution < 1.29 is 24.0 Å². The van der Waals surface area contributed by atoms with Crippen LogP contribution in [0.3, 0.4) is 0 Å². The van der Waals surface area contributed by atoms with Gasteiger partial charge in [0.05, 0.1) is 11.9 Å². The van der Waals surface area contributed by atoms with Crippen LogP contribution in [-0.2, 0) is 18.9 Å². The fourth-order valence-corrected chi connectivity index (χ4v) is 6.50. The normalized spacial score (nSPS) is 40.8. The van der Waals surface area contributed by atoms with Crippen LogP contribution in [0.1, 0.15) is 45.4 Å². The van der Waals surface area contributed by atoms with Gasteiger partial charge in [-0.25, -0.2) is 0 Å². The molecule has 3 aliphatic carbocycles. The Hall–Kier alpha value is -1.02. The molecule has 0 aromatic heterocycles. The summed E-state index contributed by atoms with van der Waals surface area (Å²) in [5.41, 5.74) is -0.858. The van der Waals surface area contributed by atoms with Gasteiger partial charge < -0.3 is 24.0 Å². The molecule has 0 spiro atoms. The molecule has 4 aliphatic rings. The van der Waals surface area contributed by atoms with E-state index in [0.717, 1.165) is 37.6 Å². The summed E-state index contributed by atoms with van der Waals surface area (Å²) in [7, 11) is 4.98. The van der Waals surface area contributed by atoms with Crippen LogP contribution in [0.4, 0.5) is 0 Å². The Kier molecular flexibility index (Phi) is 6.28. The van der Waals surface area contributed by atoms with Gasteiger partial charge in [-0.2, -0.15) is 0 Å². The number of rotatable bonds is 9. The molecule has 1 N–H and O–H groups in total. The lowest BCUT2D eigenvalue weighted by Gasteiger charge is -2.58. The van der Waals surface area contributed by atoms with E-state index in [4.69, 9.17) is 18.9 Å². The Labute approximate surface area is 182 Å². The van der Waals surface area contributed by atoms with E-state index >= 15 is 0 Å². The van der Waals surface area contributed by atoms with Crippen LogP contribution in [0, 0.1) is 23.7 Å². The van der Waals surface area contributed by atoms with Gasteiger partial charge in [0.15, 0.2) is 6.10 Å². The van der Waals surface area contributed by atoms with Crippen molar-refractivity contribution in [2.75, 3.05) is 27.3 Å². The maximum absolute atomic E-state index is 12.3. The lowest BCUT2D eigenvalue weighted by molar-refractivity contribution is -0.311. The number of methoxy groups -OCH3 is 2. The van der Waals surface area contributed by atoms with Gasteiger partial charge >= 0.3 is 8.05 Å². The summed E-state index contributed by atoms with van der Waals surface area (Å²) in [6.45, 7) is 8.47. The van der Waals surface area contributed by atoms with Crippen LogP contribution < -0.4 is 0 Å². The van der Waals surface area contributed by atoms with Crippen molar-refractivity contribution in [2.45, 2.75) is 69.0 Å². The van der Waals surface area contributed by atoms with Crippen molar-refractivity contribution >= 4 is 8.05 Å². The van der Waals surface area contributed by atoms with Crippen LogP contribution >= 0.6 is 0 Å². The Morgan fingerprint density at radius 2 is 2.03 bits per heavy atom. The summed E-state index contributed by atoms with van der Waals surface area (Å²) in [5, 5.41) is 12.3. The Morgan fingerprint density at radius 3 is 2.60 bits per heavy atom. The minimum Gasteiger partial charge on any atom is -0.571 e. The van der Waals surface area contributed by atoms with Crippen LogP contribution in [0.5, 0.6) is 0 Å². The number of hydrogen-bond acceptors (Lipinski definition) is 6. The topological polar surface area (TPSA) is 60.4 Å². The minimum absolute atomic E-state index is 0.0167. The van der Waals surface area contributed by atoms with Gasteiger partial charge in [0.1, 0.15) is 5.76 Å². The lowest BCUT2D eigenvalue weighted by atomic mass is 9.55. The van der Waals surface area contributed by atoms with E-state index in [2.05, 4.69) is 18.4 Å². The molecule has 4 unspecified atom stereocenters. The standard InChI is InChI=1S/C23H38BNO5/c1-5-11-25(13-15-7-8-15)18-12-16(6-2)19-17(14-29-24)30-21-20(19)22(18,26)9-10-23(21,27-3)28-4/h6,14-16,18-21,26H,2,5,7-13,24H2,1,3-4H3/b17-14-/t16?,18-,19?,20?,21?,22-/m1/s1. The fraction of sp³-hybridized carbons (Fsp3) is 0.826. The number of hydrogen-bond donors (Lipinski definition) is 1. The zero-order valence-corrected chi connectivity index (χ0v) is 19.0.